The van der Waals surface area contributed by atoms with Crippen LogP contribution in [-0.2, 0) is 9.05 Å². The Morgan fingerprint density at radius 1 is 1.35 bits per heavy atom. The van der Waals surface area contributed by atoms with Gasteiger partial charge in [-0.15, -0.1) is 0 Å². The van der Waals surface area contributed by atoms with Crippen LogP contribution in [0.1, 0.15) is 19.8 Å². The van der Waals surface area contributed by atoms with Gasteiger partial charge in [0.05, 0.1) is 15.1 Å². The zero-order valence-electron chi connectivity index (χ0n) is 11.0. The van der Waals surface area contributed by atoms with E-state index in [2.05, 4.69) is 16.8 Å². The number of rotatable bonds is 2. The van der Waals surface area contributed by atoms with Crippen LogP contribution in [0, 0.1) is 5.92 Å². The summed E-state index contributed by atoms with van der Waals surface area (Å²) in [6.45, 7) is 4.30. The molecule has 1 aromatic carbocycles. The molecule has 0 unspecified atom stereocenters. The van der Waals surface area contributed by atoms with Gasteiger partial charge >= 0.3 is 0 Å². The van der Waals surface area contributed by atoms with Crippen LogP contribution in [-0.4, -0.2) is 26.5 Å². The number of hydrogen-bond acceptors (Lipinski definition) is 5. The van der Waals surface area contributed by atoms with Crippen molar-refractivity contribution < 1.29 is 8.42 Å². The van der Waals surface area contributed by atoms with E-state index in [1.807, 2.05) is 0 Å². The molecule has 3 rings (SSSR count). The Kier molecular flexibility index (Phi) is 3.64. The summed E-state index contributed by atoms with van der Waals surface area (Å²) in [5.41, 5.74) is 0.827. The number of halogens is 1. The van der Waals surface area contributed by atoms with E-state index in [4.69, 9.17) is 10.7 Å². The van der Waals surface area contributed by atoms with Crippen LogP contribution < -0.4 is 4.90 Å². The maximum Gasteiger partial charge on any atom is 0.261 e. The first-order valence-corrected chi connectivity index (χ1v) is 9.66. The minimum absolute atomic E-state index is 0.133. The van der Waals surface area contributed by atoms with Crippen molar-refractivity contribution in [1.29, 1.82) is 0 Å². The monoisotopic (exact) mass is 330 g/mol. The number of hydrogen-bond donors (Lipinski definition) is 0. The molecule has 1 aromatic heterocycles. The van der Waals surface area contributed by atoms with Crippen LogP contribution in [0.25, 0.3) is 10.2 Å². The lowest BCUT2D eigenvalue weighted by Crippen LogP contribution is -2.32. The van der Waals surface area contributed by atoms with Crippen molar-refractivity contribution in [3.8, 4) is 0 Å². The van der Waals surface area contributed by atoms with Gasteiger partial charge in [-0.05, 0) is 37.0 Å². The molecular formula is C13H15ClN2O2S2. The van der Waals surface area contributed by atoms with E-state index in [1.165, 1.54) is 30.2 Å². The van der Waals surface area contributed by atoms with Crippen molar-refractivity contribution >= 4 is 46.4 Å². The maximum atomic E-state index is 11.4. The summed E-state index contributed by atoms with van der Waals surface area (Å²) in [5, 5.41) is 0.969. The minimum Gasteiger partial charge on any atom is -0.348 e. The number of benzene rings is 1. The van der Waals surface area contributed by atoms with Gasteiger partial charge in [0.2, 0.25) is 0 Å². The van der Waals surface area contributed by atoms with Gasteiger partial charge in [-0.2, -0.15) is 0 Å². The second-order valence-corrected chi connectivity index (χ2v) is 8.81. The molecule has 20 heavy (non-hydrogen) atoms. The molecule has 4 nitrogen and oxygen atoms in total. The van der Waals surface area contributed by atoms with Crippen molar-refractivity contribution in [2.75, 3.05) is 18.0 Å². The number of piperidine rings is 1. The molecule has 0 radical (unpaired) electrons. The van der Waals surface area contributed by atoms with Crippen LogP contribution >= 0.6 is 22.0 Å². The Hall–Kier alpha value is -0.850. The molecule has 2 heterocycles. The fourth-order valence-electron chi connectivity index (χ4n) is 2.38. The van der Waals surface area contributed by atoms with Crippen molar-refractivity contribution in [3.63, 3.8) is 0 Å². The second kappa shape index (κ2) is 5.16. The second-order valence-electron chi connectivity index (χ2n) is 5.23. The number of thiazole rings is 1. The number of nitrogens with zero attached hydrogens (tertiary/aromatic N) is 2. The SMILES string of the molecule is CC1CCN(c2nc3ccc(S(=O)(=O)Cl)cc3s2)CC1. The normalized spacial score (nSPS) is 17.8. The van der Waals surface area contributed by atoms with E-state index in [0.29, 0.717) is 0 Å². The number of aromatic nitrogens is 1. The van der Waals surface area contributed by atoms with Crippen LogP contribution in [0.3, 0.4) is 0 Å². The molecule has 1 saturated heterocycles. The van der Waals surface area contributed by atoms with E-state index < -0.39 is 9.05 Å². The molecule has 2 aromatic rings. The smallest absolute Gasteiger partial charge is 0.261 e. The zero-order valence-corrected chi connectivity index (χ0v) is 13.4. The first kappa shape index (κ1) is 14.1. The molecule has 7 heteroatoms. The van der Waals surface area contributed by atoms with Gasteiger partial charge in [0.15, 0.2) is 5.13 Å². The highest BCUT2D eigenvalue weighted by Gasteiger charge is 2.19. The molecular weight excluding hydrogens is 316 g/mol. The lowest BCUT2D eigenvalue weighted by molar-refractivity contribution is 0.438. The van der Waals surface area contributed by atoms with Crippen molar-refractivity contribution in [3.05, 3.63) is 18.2 Å². The first-order valence-electron chi connectivity index (χ1n) is 6.54. The van der Waals surface area contributed by atoms with E-state index in [1.54, 1.807) is 12.1 Å². The molecule has 108 valence electrons. The summed E-state index contributed by atoms with van der Waals surface area (Å²) in [6, 6.07) is 4.83. The fraction of sp³-hybridized carbons (Fsp3) is 0.462. The summed E-state index contributed by atoms with van der Waals surface area (Å²) in [6.07, 6.45) is 2.36. The maximum absolute atomic E-state index is 11.4. The predicted molar refractivity (Wildman–Crippen MR) is 83.3 cm³/mol. The van der Waals surface area contributed by atoms with Gasteiger partial charge in [-0.1, -0.05) is 18.3 Å². The molecule has 1 aliphatic heterocycles. The Morgan fingerprint density at radius 2 is 2.05 bits per heavy atom. The van der Waals surface area contributed by atoms with Crippen LogP contribution in [0.2, 0.25) is 0 Å². The predicted octanol–water partition coefficient (Wildman–Crippen LogP) is 3.46. The molecule has 0 aliphatic carbocycles. The number of anilines is 1. The third-order valence-corrected chi connectivity index (χ3v) is 6.11. The molecule has 1 aliphatic rings. The van der Waals surface area contributed by atoms with Gasteiger partial charge < -0.3 is 4.90 Å². The van der Waals surface area contributed by atoms with Crippen LogP contribution in [0.4, 0.5) is 5.13 Å². The fourth-order valence-corrected chi connectivity index (χ4v) is 4.29. The van der Waals surface area contributed by atoms with Gasteiger partial charge in [-0.25, -0.2) is 13.4 Å². The van der Waals surface area contributed by atoms with E-state index in [0.717, 1.165) is 34.4 Å². The average molecular weight is 331 g/mol. The third kappa shape index (κ3) is 2.77. The summed E-state index contributed by atoms with van der Waals surface area (Å²) >= 11 is 1.53. The van der Waals surface area contributed by atoms with Crippen LogP contribution in [0.5, 0.6) is 0 Å². The highest BCUT2D eigenvalue weighted by molar-refractivity contribution is 8.13. The Labute approximate surface area is 126 Å². The summed E-state index contributed by atoms with van der Waals surface area (Å²) in [4.78, 5) is 7.00. The average Bonchev–Trinajstić information content (AvgIpc) is 2.81. The third-order valence-electron chi connectivity index (χ3n) is 3.68. The topological polar surface area (TPSA) is 50.3 Å². The van der Waals surface area contributed by atoms with Crippen molar-refractivity contribution in [2.24, 2.45) is 5.92 Å². The summed E-state index contributed by atoms with van der Waals surface area (Å²) in [5.74, 6) is 0.772. The first-order chi connectivity index (χ1) is 9.43. The molecule has 1 fully saturated rings. The van der Waals surface area contributed by atoms with E-state index >= 15 is 0 Å². The molecule has 0 N–H and O–H groups in total. The highest BCUT2D eigenvalue weighted by Crippen LogP contribution is 2.33. The van der Waals surface area contributed by atoms with Crippen molar-refractivity contribution in [1.82, 2.24) is 4.98 Å². The largest absolute Gasteiger partial charge is 0.348 e. The minimum atomic E-state index is -3.68. The quantitative estimate of drug-likeness (QED) is 0.791. The van der Waals surface area contributed by atoms with Gasteiger partial charge in [0.25, 0.3) is 9.05 Å². The Bertz CT molecular complexity index is 734. The van der Waals surface area contributed by atoms with E-state index in [9.17, 15) is 8.42 Å². The zero-order chi connectivity index (χ0) is 14.3. The Morgan fingerprint density at radius 3 is 2.70 bits per heavy atom. The summed E-state index contributed by atoms with van der Waals surface area (Å²) in [7, 11) is 1.70. The lowest BCUT2D eigenvalue weighted by Gasteiger charge is -2.29. The molecule has 0 atom stereocenters. The van der Waals surface area contributed by atoms with Gasteiger partial charge in [0.1, 0.15) is 0 Å². The lowest BCUT2D eigenvalue weighted by atomic mass is 10.00. The standard InChI is InChI=1S/C13H15ClN2O2S2/c1-9-4-6-16(7-5-9)13-15-11-3-2-10(20(14,17)18)8-12(11)19-13/h2-3,8-9H,4-7H2,1H3. The summed E-state index contributed by atoms with van der Waals surface area (Å²) < 4.78 is 23.6. The number of fused-ring (bicyclic) bond motifs is 1. The molecule has 0 spiro atoms. The van der Waals surface area contributed by atoms with E-state index in [-0.39, 0.29) is 4.90 Å². The van der Waals surface area contributed by atoms with Gasteiger partial charge in [-0.3, -0.25) is 0 Å². The van der Waals surface area contributed by atoms with Crippen molar-refractivity contribution in [2.45, 2.75) is 24.7 Å². The highest BCUT2D eigenvalue weighted by atomic mass is 35.7. The van der Waals surface area contributed by atoms with Crippen LogP contribution in [0.15, 0.2) is 23.1 Å². The Balaban J connectivity index is 1.95. The van der Waals surface area contributed by atoms with Gasteiger partial charge in [0, 0.05) is 23.8 Å². The molecule has 0 saturated carbocycles. The molecule has 0 bridgehead atoms. The molecule has 0 amide bonds.